The van der Waals surface area contributed by atoms with Crippen LogP contribution in [0.3, 0.4) is 0 Å². The zero-order chi connectivity index (χ0) is 14.3. The van der Waals surface area contributed by atoms with Gasteiger partial charge in [0.1, 0.15) is 5.82 Å². The van der Waals surface area contributed by atoms with Crippen molar-refractivity contribution in [1.29, 1.82) is 0 Å². The minimum absolute atomic E-state index is 0.373. The molecule has 2 nitrogen and oxygen atoms in total. The first-order valence-corrected chi connectivity index (χ1v) is 8.22. The zero-order valence-corrected chi connectivity index (χ0v) is 14.6. The van der Waals surface area contributed by atoms with E-state index in [2.05, 4.69) is 60.5 Å². The summed E-state index contributed by atoms with van der Waals surface area (Å²) in [5, 5.41) is 0. The van der Waals surface area contributed by atoms with E-state index in [9.17, 15) is 0 Å². The fourth-order valence-corrected chi connectivity index (χ4v) is 3.18. The van der Waals surface area contributed by atoms with Gasteiger partial charge in [0.15, 0.2) is 0 Å². The van der Waals surface area contributed by atoms with Crippen molar-refractivity contribution in [3.8, 4) is 5.69 Å². The number of fused-ring (bicyclic) bond motifs is 1. The number of imidazole rings is 1. The van der Waals surface area contributed by atoms with Crippen LogP contribution in [-0.2, 0) is 5.88 Å². The van der Waals surface area contributed by atoms with Gasteiger partial charge in [-0.3, -0.25) is 4.57 Å². The molecule has 3 aromatic rings. The number of alkyl halides is 1. The van der Waals surface area contributed by atoms with Crippen molar-refractivity contribution in [2.45, 2.75) is 12.8 Å². The summed E-state index contributed by atoms with van der Waals surface area (Å²) in [4.78, 5) is 4.62. The summed E-state index contributed by atoms with van der Waals surface area (Å²) in [5.74, 6) is 1.22. The number of halogens is 3. The van der Waals surface area contributed by atoms with Gasteiger partial charge in [0.2, 0.25) is 0 Å². The number of aromatic nitrogens is 2. The molecule has 0 spiro atoms. The molecule has 0 fully saturated rings. The average molecular weight is 415 g/mol. The highest BCUT2D eigenvalue weighted by atomic mass is 79.9. The molecule has 3 rings (SSSR count). The van der Waals surface area contributed by atoms with Crippen LogP contribution in [0, 0.1) is 6.92 Å². The predicted molar refractivity (Wildman–Crippen MR) is 90.8 cm³/mol. The molecular formula is C15H11Br2ClN2. The van der Waals surface area contributed by atoms with Crippen LogP contribution in [0.2, 0.25) is 0 Å². The molecule has 0 N–H and O–H groups in total. The van der Waals surface area contributed by atoms with Crippen molar-refractivity contribution in [2.75, 3.05) is 0 Å². The van der Waals surface area contributed by atoms with E-state index in [1.54, 1.807) is 0 Å². The molecule has 102 valence electrons. The van der Waals surface area contributed by atoms with E-state index in [1.807, 2.05) is 24.3 Å². The molecule has 0 unspecified atom stereocenters. The van der Waals surface area contributed by atoms with Crippen molar-refractivity contribution >= 4 is 54.5 Å². The largest absolute Gasteiger partial charge is 0.295 e. The Morgan fingerprint density at radius 2 is 2.00 bits per heavy atom. The molecule has 1 aromatic heterocycles. The van der Waals surface area contributed by atoms with E-state index in [0.29, 0.717) is 5.88 Å². The maximum absolute atomic E-state index is 6.08. The van der Waals surface area contributed by atoms with Gasteiger partial charge in [0, 0.05) is 8.95 Å². The number of hydrogen-bond donors (Lipinski definition) is 0. The monoisotopic (exact) mass is 412 g/mol. The average Bonchev–Trinajstić information content (AvgIpc) is 2.79. The Morgan fingerprint density at radius 3 is 2.75 bits per heavy atom. The van der Waals surface area contributed by atoms with Crippen LogP contribution >= 0.6 is 43.5 Å². The summed E-state index contributed by atoms with van der Waals surface area (Å²) in [6, 6.07) is 12.2. The normalized spacial score (nSPS) is 11.2. The Balaban J connectivity index is 2.37. The molecule has 2 aromatic carbocycles. The molecule has 0 saturated carbocycles. The summed E-state index contributed by atoms with van der Waals surface area (Å²) >= 11 is 13.1. The second kappa shape index (κ2) is 5.51. The highest BCUT2D eigenvalue weighted by Gasteiger charge is 2.14. The third kappa shape index (κ3) is 2.30. The smallest absolute Gasteiger partial charge is 0.129 e. The number of benzene rings is 2. The van der Waals surface area contributed by atoms with Crippen molar-refractivity contribution in [2.24, 2.45) is 0 Å². The molecule has 0 bridgehead atoms. The van der Waals surface area contributed by atoms with Crippen LogP contribution in [0.15, 0.2) is 45.3 Å². The van der Waals surface area contributed by atoms with Crippen molar-refractivity contribution < 1.29 is 0 Å². The summed E-state index contributed by atoms with van der Waals surface area (Å²) in [6.45, 7) is 2.09. The topological polar surface area (TPSA) is 17.8 Å². The minimum atomic E-state index is 0.373. The van der Waals surface area contributed by atoms with Gasteiger partial charge in [-0.15, -0.1) is 11.6 Å². The highest BCUT2D eigenvalue weighted by molar-refractivity contribution is 9.10. The predicted octanol–water partition coefficient (Wildman–Crippen LogP) is 5.60. The fraction of sp³-hybridized carbons (Fsp3) is 0.133. The standard InChI is InChI=1S/C15H11Br2ClN2/c1-9-11(17)3-2-4-13(9)20-14-6-5-10(16)7-12(14)19-15(20)8-18/h2-7H,8H2,1H3. The minimum Gasteiger partial charge on any atom is -0.295 e. The van der Waals surface area contributed by atoms with Gasteiger partial charge < -0.3 is 0 Å². The first-order valence-electron chi connectivity index (χ1n) is 6.10. The molecule has 0 radical (unpaired) electrons. The van der Waals surface area contributed by atoms with Crippen LogP contribution in [0.4, 0.5) is 0 Å². The molecule has 1 heterocycles. The second-order valence-corrected chi connectivity index (χ2v) is 6.55. The van der Waals surface area contributed by atoms with Gasteiger partial charge in [-0.1, -0.05) is 37.9 Å². The van der Waals surface area contributed by atoms with Crippen molar-refractivity contribution in [3.05, 3.63) is 56.7 Å². The SMILES string of the molecule is Cc1c(Br)cccc1-n1c(CCl)nc2cc(Br)ccc21. The van der Waals surface area contributed by atoms with Gasteiger partial charge in [0.05, 0.1) is 22.6 Å². The van der Waals surface area contributed by atoms with Gasteiger partial charge in [-0.05, 0) is 42.8 Å². The van der Waals surface area contributed by atoms with E-state index >= 15 is 0 Å². The molecule has 0 aliphatic rings. The fourth-order valence-electron chi connectivity index (χ4n) is 2.30. The van der Waals surface area contributed by atoms with Crippen molar-refractivity contribution in [1.82, 2.24) is 9.55 Å². The molecule has 0 amide bonds. The summed E-state index contributed by atoms with van der Waals surface area (Å²) in [6.07, 6.45) is 0. The Morgan fingerprint density at radius 1 is 1.20 bits per heavy atom. The summed E-state index contributed by atoms with van der Waals surface area (Å²) in [7, 11) is 0. The quantitative estimate of drug-likeness (QED) is 0.499. The van der Waals surface area contributed by atoms with Crippen LogP contribution in [0.1, 0.15) is 11.4 Å². The third-order valence-corrected chi connectivity index (χ3v) is 4.88. The molecule has 0 atom stereocenters. The lowest BCUT2D eigenvalue weighted by molar-refractivity contribution is 0.971. The molecular weight excluding hydrogens is 403 g/mol. The lowest BCUT2D eigenvalue weighted by Crippen LogP contribution is -2.01. The number of nitrogens with zero attached hydrogens (tertiary/aromatic N) is 2. The summed E-state index contributed by atoms with van der Waals surface area (Å²) < 4.78 is 4.21. The molecule has 0 aliphatic heterocycles. The van der Waals surface area contributed by atoms with E-state index in [1.165, 1.54) is 5.56 Å². The first-order chi connectivity index (χ1) is 9.61. The van der Waals surface area contributed by atoms with Gasteiger partial charge >= 0.3 is 0 Å². The van der Waals surface area contributed by atoms with E-state index in [-0.39, 0.29) is 0 Å². The van der Waals surface area contributed by atoms with Crippen LogP contribution in [0.25, 0.3) is 16.7 Å². The Kier molecular flexibility index (Phi) is 3.89. The maximum atomic E-state index is 6.08. The lowest BCUT2D eigenvalue weighted by Gasteiger charge is -2.12. The highest BCUT2D eigenvalue weighted by Crippen LogP contribution is 2.29. The molecule has 5 heteroatoms. The number of rotatable bonds is 2. The first kappa shape index (κ1) is 14.1. The Bertz CT molecular complexity index is 796. The zero-order valence-electron chi connectivity index (χ0n) is 10.7. The third-order valence-electron chi connectivity index (χ3n) is 3.29. The van der Waals surface area contributed by atoms with Crippen LogP contribution in [-0.4, -0.2) is 9.55 Å². The van der Waals surface area contributed by atoms with E-state index in [0.717, 1.165) is 31.5 Å². The van der Waals surface area contributed by atoms with Crippen LogP contribution in [0.5, 0.6) is 0 Å². The number of hydrogen-bond acceptors (Lipinski definition) is 1. The van der Waals surface area contributed by atoms with Gasteiger partial charge in [-0.2, -0.15) is 0 Å². The Labute approximate surface area is 139 Å². The second-order valence-electron chi connectivity index (χ2n) is 4.51. The molecule has 0 aliphatic carbocycles. The van der Waals surface area contributed by atoms with E-state index < -0.39 is 0 Å². The van der Waals surface area contributed by atoms with Crippen molar-refractivity contribution in [3.63, 3.8) is 0 Å². The van der Waals surface area contributed by atoms with Gasteiger partial charge in [-0.25, -0.2) is 4.98 Å². The Hall–Kier alpha value is -0.840. The van der Waals surface area contributed by atoms with Crippen LogP contribution < -0.4 is 0 Å². The van der Waals surface area contributed by atoms with Gasteiger partial charge in [0.25, 0.3) is 0 Å². The molecule has 20 heavy (non-hydrogen) atoms. The maximum Gasteiger partial charge on any atom is 0.129 e. The summed E-state index contributed by atoms with van der Waals surface area (Å²) in [5.41, 5.74) is 4.26. The molecule has 0 saturated heterocycles. The lowest BCUT2D eigenvalue weighted by atomic mass is 10.2. The van der Waals surface area contributed by atoms with E-state index in [4.69, 9.17) is 11.6 Å².